The summed E-state index contributed by atoms with van der Waals surface area (Å²) in [7, 11) is -2.71. The third kappa shape index (κ3) is 7.89. The summed E-state index contributed by atoms with van der Waals surface area (Å²) in [6.45, 7) is 6.07. The van der Waals surface area contributed by atoms with Gasteiger partial charge in [0, 0.05) is 12.3 Å². The number of ether oxygens (including phenoxy) is 2. The summed E-state index contributed by atoms with van der Waals surface area (Å²) in [5.74, 6) is -4.37. The average molecular weight is 837 g/mol. The molecule has 7 atom stereocenters. The summed E-state index contributed by atoms with van der Waals surface area (Å²) in [5.41, 5.74) is -4.76. The molecule has 3 N–H and O–H groups in total. The van der Waals surface area contributed by atoms with Crippen LogP contribution in [0, 0.1) is 17.8 Å². The monoisotopic (exact) mass is 836 g/mol. The standard InChI is InChI=1S/C39H51F3N6O9S/c1-7-23-18-22(2)12-8-9-13-24-20-38(24,34(51)46-58(54,55)37(5)16-17-37)43-30(49)28-19-25(57-32-27-15-11-10-14-26(27)31(56-6)44-45-32)21-47(28)33(50)29(23)48(35(52)53)36(3,4)39(40,41)42/h9-11,13-15,22-25,28-29H,7-8,12,16-21H2,1-6H3,(H,43,49)(H,46,51)(H,52,53)/t22-,23+,24+,25+,28-,29-,38+/m0/s1. The minimum absolute atomic E-state index is 0.0150. The van der Waals surface area contributed by atoms with Crippen molar-refractivity contribution >= 4 is 44.6 Å². The van der Waals surface area contributed by atoms with Crippen LogP contribution in [-0.4, -0.2) is 111 Å². The Labute approximate surface area is 335 Å². The van der Waals surface area contributed by atoms with E-state index in [9.17, 15) is 41.1 Å². The molecule has 0 radical (unpaired) electrons. The minimum atomic E-state index is -5.10. The number of sulfonamides is 1. The first-order chi connectivity index (χ1) is 27.1. The lowest BCUT2D eigenvalue weighted by Gasteiger charge is -2.46. The van der Waals surface area contributed by atoms with Gasteiger partial charge >= 0.3 is 12.3 Å². The number of aromatic nitrogens is 2. The number of hydrogen-bond acceptors (Lipinski definition) is 10. The van der Waals surface area contributed by atoms with Crippen molar-refractivity contribution in [1.82, 2.24) is 30.0 Å². The molecule has 318 valence electrons. The van der Waals surface area contributed by atoms with E-state index in [1.807, 2.05) is 13.0 Å². The minimum Gasteiger partial charge on any atom is -0.479 e. The first-order valence-electron chi connectivity index (χ1n) is 19.5. The quantitative estimate of drug-likeness (QED) is 0.289. The molecule has 2 aliphatic carbocycles. The third-order valence-corrected chi connectivity index (χ3v) is 14.6. The fourth-order valence-corrected chi connectivity index (χ4v) is 9.53. The highest BCUT2D eigenvalue weighted by Gasteiger charge is 2.64. The first kappa shape index (κ1) is 42.9. The molecule has 3 heterocycles. The number of fused-ring (bicyclic) bond motifs is 3. The molecule has 1 aromatic carbocycles. The van der Waals surface area contributed by atoms with Gasteiger partial charge in [-0.2, -0.15) is 13.2 Å². The Kier molecular flexibility index (Phi) is 11.5. The Morgan fingerprint density at radius 2 is 1.74 bits per heavy atom. The molecule has 0 unspecified atom stereocenters. The molecule has 1 aromatic heterocycles. The molecule has 15 nitrogen and oxygen atoms in total. The van der Waals surface area contributed by atoms with Crippen molar-refractivity contribution in [2.24, 2.45) is 17.8 Å². The lowest BCUT2D eigenvalue weighted by Crippen LogP contribution is -2.66. The maximum atomic E-state index is 15.1. The number of halogens is 3. The Morgan fingerprint density at radius 3 is 2.33 bits per heavy atom. The second kappa shape index (κ2) is 15.5. The summed E-state index contributed by atoms with van der Waals surface area (Å²) in [5, 5.41) is 22.5. The highest BCUT2D eigenvalue weighted by Crippen LogP contribution is 2.48. The van der Waals surface area contributed by atoms with E-state index in [-0.39, 0.29) is 54.8 Å². The molecule has 6 rings (SSSR count). The molecular weight excluding hydrogens is 786 g/mol. The van der Waals surface area contributed by atoms with E-state index in [4.69, 9.17) is 9.47 Å². The Hall–Kier alpha value is -4.68. The smallest absolute Gasteiger partial charge is 0.411 e. The predicted molar refractivity (Wildman–Crippen MR) is 204 cm³/mol. The van der Waals surface area contributed by atoms with Gasteiger partial charge in [-0.25, -0.2) is 13.2 Å². The second-order valence-corrected chi connectivity index (χ2v) is 19.1. The Morgan fingerprint density at radius 1 is 1.10 bits per heavy atom. The highest BCUT2D eigenvalue weighted by atomic mass is 32.2. The number of allylic oxidation sites excluding steroid dienone is 1. The normalized spacial score (nSPS) is 28.9. The van der Waals surface area contributed by atoms with Gasteiger partial charge in [0.15, 0.2) is 0 Å². The Balaban J connectivity index is 1.44. The van der Waals surface area contributed by atoms with Crippen molar-refractivity contribution in [3.63, 3.8) is 0 Å². The predicted octanol–water partition coefficient (Wildman–Crippen LogP) is 4.95. The van der Waals surface area contributed by atoms with Crippen LogP contribution < -0.4 is 19.5 Å². The number of nitrogens with one attached hydrogen (secondary N) is 2. The van der Waals surface area contributed by atoms with Crippen molar-refractivity contribution in [3.8, 4) is 11.8 Å². The number of amides is 4. The summed E-state index contributed by atoms with van der Waals surface area (Å²) in [4.78, 5) is 57.9. The number of carboxylic acid groups (broad SMARTS) is 1. The fourth-order valence-electron chi connectivity index (χ4n) is 8.22. The van der Waals surface area contributed by atoms with E-state index in [2.05, 4.69) is 20.2 Å². The van der Waals surface area contributed by atoms with Crippen LogP contribution >= 0.6 is 0 Å². The number of methoxy groups -OCH3 is 1. The van der Waals surface area contributed by atoms with E-state index in [0.717, 1.165) is 4.90 Å². The van der Waals surface area contributed by atoms with Crippen LogP contribution in [0.25, 0.3) is 10.8 Å². The molecule has 4 aliphatic rings. The van der Waals surface area contributed by atoms with Gasteiger partial charge in [0.25, 0.3) is 5.91 Å². The number of nitrogens with zero attached hydrogens (tertiary/aromatic N) is 4. The number of benzene rings is 1. The van der Waals surface area contributed by atoms with Gasteiger partial charge in [0.2, 0.25) is 33.6 Å². The van der Waals surface area contributed by atoms with Gasteiger partial charge < -0.3 is 24.8 Å². The lowest BCUT2D eigenvalue weighted by atomic mass is 9.82. The zero-order valence-corrected chi connectivity index (χ0v) is 34.2. The molecular formula is C39H51F3N6O9S. The van der Waals surface area contributed by atoms with Crippen LogP contribution in [0.15, 0.2) is 36.4 Å². The molecule has 0 bridgehead atoms. The fraction of sp³-hybridized carbons (Fsp3) is 0.641. The molecule has 0 spiro atoms. The average Bonchev–Trinajstić information content (AvgIpc) is 4.03. The van der Waals surface area contributed by atoms with Crippen molar-refractivity contribution in [3.05, 3.63) is 36.4 Å². The van der Waals surface area contributed by atoms with E-state index in [1.54, 1.807) is 37.3 Å². The van der Waals surface area contributed by atoms with E-state index in [1.165, 1.54) is 14.0 Å². The van der Waals surface area contributed by atoms with E-state index < -0.39 is 85.9 Å². The van der Waals surface area contributed by atoms with Crippen LogP contribution in [0.1, 0.15) is 86.0 Å². The van der Waals surface area contributed by atoms with Gasteiger partial charge in [0.05, 0.1) is 29.2 Å². The zero-order chi connectivity index (χ0) is 42.6. The van der Waals surface area contributed by atoms with Crippen LogP contribution in [0.4, 0.5) is 18.0 Å². The summed E-state index contributed by atoms with van der Waals surface area (Å²) < 4.78 is 83.4. The molecule has 19 heteroatoms. The van der Waals surface area contributed by atoms with Gasteiger partial charge in [-0.15, -0.1) is 10.2 Å². The molecule has 2 aromatic rings. The lowest BCUT2D eigenvalue weighted by molar-refractivity contribution is -0.222. The second-order valence-electron chi connectivity index (χ2n) is 16.9. The number of rotatable bonds is 9. The van der Waals surface area contributed by atoms with Crippen molar-refractivity contribution in [1.29, 1.82) is 0 Å². The number of carbonyl (C=O) groups excluding carboxylic acids is 3. The number of alkyl halides is 3. The third-order valence-electron chi connectivity index (χ3n) is 12.4. The number of carbonyl (C=O) groups is 4. The molecule has 2 saturated carbocycles. The largest absolute Gasteiger partial charge is 0.479 e. The van der Waals surface area contributed by atoms with E-state index >= 15 is 4.79 Å². The van der Waals surface area contributed by atoms with Crippen LogP contribution in [0.5, 0.6) is 11.8 Å². The topological polar surface area (TPSA) is 197 Å². The molecule has 1 saturated heterocycles. The molecule has 3 fully saturated rings. The first-order valence-corrected chi connectivity index (χ1v) is 21.0. The van der Waals surface area contributed by atoms with Gasteiger partial charge in [-0.3, -0.25) is 24.0 Å². The molecule has 58 heavy (non-hydrogen) atoms. The van der Waals surface area contributed by atoms with Gasteiger partial charge in [-0.05, 0) is 83.3 Å². The SMILES string of the molecule is CC[C@@H]1C[C@@H](C)CCC=C[C@@H]2C[C@@]2(C(=O)NS(=O)(=O)C2(C)CC2)NC(=O)[C@@H]2C[C@@H](Oc3nnc(OC)c4ccccc34)CN2C(=O)[C@H]1N(C(=O)O)C(C)(C)C(F)(F)F. The molecule has 2 aliphatic heterocycles. The van der Waals surface area contributed by atoms with Crippen molar-refractivity contribution < 1.29 is 55.3 Å². The number of hydrogen-bond donors (Lipinski definition) is 3. The van der Waals surface area contributed by atoms with Gasteiger partial charge in [0.1, 0.15) is 29.3 Å². The highest BCUT2D eigenvalue weighted by molar-refractivity contribution is 7.91. The van der Waals surface area contributed by atoms with Crippen LogP contribution in [0.2, 0.25) is 0 Å². The van der Waals surface area contributed by atoms with Crippen molar-refractivity contribution in [2.75, 3.05) is 13.7 Å². The van der Waals surface area contributed by atoms with E-state index in [0.29, 0.717) is 50.3 Å². The Bertz CT molecular complexity index is 2100. The maximum absolute atomic E-state index is 15.1. The van der Waals surface area contributed by atoms with Gasteiger partial charge in [-0.1, -0.05) is 44.6 Å². The maximum Gasteiger partial charge on any atom is 0.411 e. The summed E-state index contributed by atoms with van der Waals surface area (Å²) in [6, 6.07) is 3.50. The summed E-state index contributed by atoms with van der Waals surface area (Å²) >= 11 is 0. The zero-order valence-electron chi connectivity index (χ0n) is 33.3. The molecule has 4 amide bonds. The summed E-state index contributed by atoms with van der Waals surface area (Å²) in [6.07, 6.45) is -2.75. The van der Waals surface area contributed by atoms with Crippen LogP contribution in [0.3, 0.4) is 0 Å². The van der Waals surface area contributed by atoms with Crippen molar-refractivity contribution in [2.45, 2.75) is 126 Å². The van der Waals surface area contributed by atoms with Crippen LogP contribution in [-0.2, 0) is 24.4 Å².